The van der Waals surface area contributed by atoms with Gasteiger partial charge in [-0.2, -0.15) is 0 Å². The van der Waals surface area contributed by atoms with Crippen LogP contribution in [0.1, 0.15) is 31.3 Å². The molecule has 0 radical (unpaired) electrons. The summed E-state index contributed by atoms with van der Waals surface area (Å²) in [6.07, 6.45) is 2.79. The molecule has 1 aromatic heterocycles. The van der Waals surface area contributed by atoms with E-state index in [0.717, 1.165) is 0 Å². The van der Waals surface area contributed by atoms with Gasteiger partial charge in [0.2, 0.25) is 5.69 Å². The van der Waals surface area contributed by atoms with Crippen LogP contribution in [-0.4, -0.2) is 29.6 Å². The minimum Gasteiger partial charge on any atom is -0.464 e. The molecule has 2 rings (SSSR count). The van der Waals surface area contributed by atoms with Gasteiger partial charge in [-0.1, -0.05) is 20.8 Å². The number of hydrogen-bond donors (Lipinski definition) is 2. The highest BCUT2D eigenvalue weighted by atomic mass is 79.9. The first-order valence-corrected chi connectivity index (χ1v) is 8.60. The van der Waals surface area contributed by atoms with Crippen LogP contribution in [0.5, 0.6) is 11.6 Å². The van der Waals surface area contributed by atoms with Crippen LogP contribution < -0.4 is 21.3 Å². The summed E-state index contributed by atoms with van der Waals surface area (Å²) in [4.78, 5) is 19.8. The Balaban J connectivity index is 2.34. The fourth-order valence-electron chi connectivity index (χ4n) is 2.23. The summed E-state index contributed by atoms with van der Waals surface area (Å²) in [5.74, 6) is 5.89. The van der Waals surface area contributed by atoms with Gasteiger partial charge in [0.25, 0.3) is 5.88 Å². The number of methoxy groups -OCH3 is 1. The molecule has 4 N–H and O–H groups in total. The molecule has 9 heteroatoms. The number of esters is 1. The van der Waals surface area contributed by atoms with Gasteiger partial charge in [-0.3, -0.25) is 0 Å². The third kappa shape index (κ3) is 4.61. The van der Waals surface area contributed by atoms with E-state index in [1.165, 1.54) is 19.5 Å². The number of nitrogen functional groups attached to an aromatic ring is 1. The Hall–Kier alpha value is -2.39. The summed E-state index contributed by atoms with van der Waals surface area (Å²) in [5.41, 5.74) is 7.25. The number of rotatable bonds is 5. The van der Waals surface area contributed by atoms with Crippen molar-refractivity contribution in [2.24, 2.45) is 11.3 Å². The summed E-state index contributed by atoms with van der Waals surface area (Å²) in [7, 11) is 1.26. The Bertz CT molecular complexity index is 807. The van der Waals surface area contributed by atoms with Crippen LogP contribution in [0.25, 0.3) is 0 Å². The number of anilines is 2. The zero-order valence-corrected chi connectivity index (χ0v) is 16.7. The van der Waals surface area contributed by atoms with E-state index in [4.69, 9.17) is 16.3 Å². The predicted octanol–water partition coefficient (Wildman–Crippen LogP) is 3.13. The van der Waals surface area contributed by atoms with Crippen LogP contribution in [0.3, 0.4) is 0 Å². The smallest absolute Gasteiger partial charge is 0.362 e. The standard InChI is InChI=1S/C17H22BrN5O3/c1-17(2,3)9-23(20)10-5-6-11(12(18)13(10)19)26-15-14(16(24)25-4)21-7-8-22-15/h5-8H,9,19-20H2,1-4H3. The van der Waals surface area contributed by atoms with Gasteiger partial charge in [0.15, 0.2) is 0 Å². The van der Waals surface area contributed by atoms with Gasteiger partial charge in [0, 0.05) is 18.9 Å². The molecule has 2 aromatic rings. The largest absolute Gasteiger partial charge is 0.464 e. The van der Waals surface area contributed by atoms with Crippen molar-refractivity contribution in [1.29, 1.82) is 0 Å². The molecule has 0 aliphatic carbocycles. The first-order chi connectivity index (χ1) is 12.1. The number of hydrazine groups is 1. The van der Waals surface area contributed by atoms with Crippen molar-refractivity contribution >= 4 is 33.3 Å². The summed E-state index contributed by atoms with van der Waals surface area (Å²) in [6.45, 7) is 6.86. The van der Waals surface area contributed by atoms with Crippen LogP contribution in [0.4, 0.5) is 11.4 Å². The van der Waals surface area contributed by atoms with Crippen molar-refractivity contribution in [1.82, 2.24) is 9.97 Å². The van der Waals surface area contributed by atoms with Crippen molar-refractivity contribution in [2.45, 2.75) is 20.8 Å². The SMILES string of the molecule is COC(=O)c1nccnc1Oc1ccc(N(N)CC(C)(C)C)c(N)c1Br. The lowest BCUT2D eigenvalue weighted by atomic mass is 9.96. The summed E-state index contributed by atoms with van der Waals surface area (Å²) in [6, 6.07) is 3.43. The van der Waals surface area contributed by atoms with Gasteiger partial charge in [-0.25, -0.2) is 20.6 Å². The molecule has 0 spiro atoms. The summed E-state index contributed by atoms with van der Waals surface area (Å²) in [5, 5.41) is 1.59. The third-order valence-corrected chi connectivity index (χ3v) is 4.14. The van der Waals surface area contributed by atoms with Gasteiger partial charge >= 0.3 is 5.97 Å². The minimum absolute atomic E-state index is 0.00210. The molecular formula is C17H22BrN5O3. The Morgan fingerprint density at radius 2 is 1.92 bits per heavy atom. The maximum absolute atomic E-state index is 11.8. The average Bonchev–Trinajstić information content (AvgIpc) is 2.57. The van der Waals surface area contributed by atoms with Crippen LogP contribution in [0, 0.1) is 5.41 Å². The van der Waals surface area contributed by atoms with Crippen LogP contribution >= 0.6 is 15.9 Å². The van der Waals surface area contributed by atoms with Gasteiger partial charge in [-0.15, -0.1) is 0 Å². The Morgan fingerprint density at radius 1 is 1.27 bits per heavy atom. The Labute approximate surface area is 160 Å². The van der Waals surface area contributed by atoms with Crippen molar-refractivity contribution in [2.75, 3.05) is 24.4 Å². The highest BCUT2D eigenvalue weighted by Crippen LogP contribution is 2.39. The number of halogens is 1. The first kappa shape index (κ1) is 19.9. The van der Waals surface area contributed by atoms with Crippen molar-refractivity contribution in [3.63, 3.8) is 0 Å². The second-order valence-corrected chi connectivity index (χ2v) is 7.60. The molecule has 0 amide bonds. The van der Waals surface area contributed by atoms with E-state index in [2.05, 4.69) is 51.4 Å². The van der Waals surface area contributed by atoms with E-state index in [0.29, 0.717) is 28.1 Å². The van der Waals surface area contributed by atoms with E-state index < -0.39 is 5.97 Å². The number of carbonyl (C=O) groups excluding carboxylic acids is 1. The minimum atomic E-state index is -0.646. The zero-order valence-electron chi connectivity index (χ0n) is 15.1. The van der Waals surface area contributed by atoms with E-state index in [9.17, 15) is 4.79 Å². The van der Waals surface area contributed by atoms with Crippen LogP contribution in [0.2, 0.25) is 0 Å². The monoisotopic (exact) mass is 423 g/mol. The molecule has 0 fully saturated rings. The molecule has 0 atom stereocenters. The Kier molecular flexibility index (Phi) is 6.04. The highest BCUT2D eigenvalue weighted by Gasteiger charge is 2.21. The third-order valence-electron chi connectivity index (χ3n) is 3.33. The highest BCUT2D eigenvalue weighted by molar-refractivity contribution is 9.10. The molecule has 0 unspecified atom stereocenters. The molecule has 26 heavy (non-hydrogen) atoms. The van der Waals surface area contributed by atoms with Crippen LogP contribution in [0.15, 0.2) is 29.0 Å². The van der Waals surface area contributed by atoms with Crippen LogP contribution in [-0.2, 0) is 4.74 Å². The first-order valence-electron chi connectivity index (χ1n) is 7.81. The van der Waals surface area contributed by atoms with E-state index >= 15 is 0 Å². The second kappa shape index (κ2) is 7.88. The maximum atomic E-state index is 11.8. The molecule has 8 nitrogen and oxygen atoms in total. The average molecular weight is 424 g/mol. The molecule has 140 valence electrons. The molecular weight excluding hydrogens is 402 g/mol. The molecule has 0 aliphatic rings. The quantitative estimate of drug-likeness (QED) is 0.326. The molecule has 0 bridgehead atoms. The molecule has 1 aromatic carbocycles. The predicted molar refractivity (Wildman–Crippen MR) is 103 cm³/mol. The topological polar surface area (TPSA) is 117 Å². The molecule has 0 saturated heterocycles. The maximum Gasteiger partial charge on any atom is 0.362 e. The van der Waals surface area contributed by atoms with Gasteiger partial charge in [0.05, 0.1) is 23.0 Å². The fraction of sp³-hybridized carbons (Fsp3) is 0.353. The lowest BCUT2D eigenvalue weighted by Crippen LogP contribution is -2.38. The number of ether oxygens (including phenoxy) is 2. The Morgan fingerprint density at radius 3 is 2.54 bits per heavy atom. The number of aromatic nitrogens is 2. The number of nitrogens with two attached hydrogens (primary N) is 2. The normalized spacial score (nSPS) is 11.2. The van der Waals surface area contributed by atoms with Gasteiger partial charge in [0.1, 0.15) is 5.75 Å². The van der Waals surface area contributed by atoms with Crippen molar-refractivity contribution in [3.05, 3.63) is 34.7 Å². The number of carbonyl (C=O) groups is 1. The van der Waals surface area contributed by atoms with Crippen molar-refractivity contribution in [3.8, 4) is 11.6 Å². The lowest BCUT2D eigenvalue weighted by molar-refractivity contribution is 0.0590. The van der Waals surface area contributed by atoms with Crippen molar-refractivity contribution < 1.29 is 14.3 Å². The zero-order chi connectivity index (χ0) is 19.5. The molecule has 0 aliphatic heterocycles. The molecule has 0 saturated carbocycles. The fourth-order valence-corrected chi connectivity index (χ4v) is 2.65. The number of nitrogens with zero attached hydrogens (tertiary/aromatic N) is 3. The van der Waals surface area contributed by atoms with Gasteiger partial charge < -0.3 is 20.2 Å². The van der Waals surface area contributed by atoms with E-state index in [1.54, 1.807) is 17.1 Å². The lowest BCUT2D eigenvalue weighted by Gasteiger charge is -2.29. The van der Waals surface area contributed by atoms with Gasteiger partial charge in [-0.05, 0) is 33.5 Å². The summed E-state index contributed by atoms with van der Waals surface area (Å²) >= 11 is 3.42. The second-order valence-electron chi connectivity index (χ2n) is 6.80. The molecule has 1 heterocycles. The van der Waals surface area contributed by atoms with E-state index in [-0.39, 0.29) is 17.0 Å². The summed E-state index contributed by atoms with van der Waals surface area (Å²) < 4.78 is 10.9. The number of benzene rings is 1. The number of hydrogen-bond acceptors (Lipinski definition) is 8. The van der Waals surface area contributed by atoms with E-state index in [1.807, 2.05) is 0 Å².